The topological polar surface area (TPSA) is 29.3 Å². The van der Waals surface area contributed by atoms with Crippen LogP contribution in [0, 0.1) is 5.92 Å². The Morgan fingerprint density at radius 1 is 1.25 bits per heavy atom. The molecule has 0 aliphatic carbocycles. The van der Waals surface area contributed by atoms with Crippen LogP contribution in [0.4, 0.5) is 0 Å². The van der Waals surface area contributed by atoms with Gasteiger partial charge in [0.05, 0.1) is 0 Å². The van der Waals surface area contributed by atoms with Gasteiger partial charge in [-0.3, -0.25) is 0 Å². The lowest BCUT2D eigenvalue weighted by atomic mass is 10.0. The second-order valence-electron chi connectivity index (χ2n) is 4.40. The van der Waals surface area contributed by atoms with E-state index in [4.69, 9.17) is 5.73 Å². The zero-order chi connectivity index (χ0) is 8.97. The lowest BCUT2D eigenvalue weighted by Gasteiger charge is -2.21. The van der Waals surface area contributed by atoms with Crippen molar-refractivity contribution in [3.05, 3.63) is 0 Å². The van der Waals surface area contributed by atoms with Crippen molar-refractivity contribution in [2.24, 2.45) is 11.7 Å². The molecule has 1 aliphatic heterocycles. The summed E-state index contributed by atoms with van der Waals surface area (Å²) in [6.45, 7) is 8.13. The summed E-state index contributed by atoms with van der Waals surface area (Å²) in [5.74, 6) is 0.739. The molecule has 0 radical (unpaired) electrons. The van der Waals surface area contributed by atoms with Crippen molar-refractivity contribution in [2.45, 2.75) is 39.2 Å². The molecule has 0 aromatic carbocycles. The quantitative estimate of drug-likeness (QED) is 0.692. The Hall–Kier alpha value is -0.0800. The second-order valence-corrected chi connectivity index (χ2v) is 4.40. The fourth-order valence-electron chi connectivity index (χ4n) is 1.98. The molecule has 1 aliphatic rings. The van der Waals surface area contributed by atoms with E-state index >= 15 is 0 Å². The molecule has 0 unspecified atom stereocenters. The van der Waals surface area contributed by atoms with Crippen molar-refractivity contribution in [3.8, 4) is 0 Å². The maximum absolute atomic E-state index is 6.01. The van der Waals surface area contributed by atoms with Gasteiger partial charge in [0.25, 0.3) is 0 Å². The van der Waals surface area contributed by atoms with E-state index in [2.05, 4.69) is 18.7 Å². The molecule has 0 bridgehead atoms. The predicted octanol–water partition coefficient (Wildman–Crippen LogP) is 1.46. The molecule has 0 saturated carbocycles. The van der Waals surface area contributed by atoms with Gasteiger partial charge in [0.1, 0.15) is 0 Å². The number of rotatable bonds is 4. The summed E-state index contributed by atoms with van der Waals surface area (Å²) in [4.78, 5) is 2.49. The first-order valence-corrected chi connectivity index (χ1v) is 5.16. The highest BCUT2D eigenvalue weighted by Gasteiger charge is 2.15. The lowest BCUT2D eigenvalue weighted by Crippen LogP contribution is -2.36. The Kier molecular flexibility index (Phi) is 4.02. The monoisotopic (exact) mass is 170 g/mol. The molecular weight excluding hydrogens is 148 g/mol. The van der Waals surface area contributed by atoms with Gasteiger partial charge in [-0.15, -0.1) is 0 Å². The van der Waals surface area contributed by atoms with Gasteiger partial charge < -0.3 is 10.6 Å². The van der Waals surface area contributed by atoms with Gasteiger partial charge in [0.15, 0.2) is 0 Å². The van der Waals surface area contributed by atoms with Crippen LogP contribution >= 0.6 is 0 Å². The van der Waals surface area contributed by atoms with E-state index in [1.54, 1.807) is 0 Å². The Balaban J connectivity index is 2.11. The third-order valence-electron chi connectivity index (χ3n) is 2.47. The minimum Gasteiger partial charge on any atom is -0.327 e. The van der Waals surface area contributed by atoms with E-state index in [1.165, 1.54) is 25.9 Å². The first-order chi connectivity index (χ1) is 5.68. The Bertz CT molecular complexity index is 117. The van der Waals surface area contributed by atoms with Crippen molar-refractivity contribution in [1.29, 1.82) is 0 Å². The Labute approximate surface area is 76.1 Å². The van der Waals surface area contributed by atoms with Gasteiger partial charge in [0.2, 0.25) is 0 Å². The van der Waals surface area contributed by atoms with Gasteiger partial charge >= 0.3 is 0 Å². The van der Waals surface area contributed by atoms with Crippen LogP contribution in [0.5, 0.6) is 0 Å². The zero-order valence-electron chi connectivity index (χ0n) is 8.42. The molecule has 72 valence electrons. The van der Waals surface area contributed by atoms with Crippen LogP contribution in [-0.4, -0.2) is 30.6 Å². The molecule has 1 saturated heterocycles. The lowest BCUT2D eigenvalue weighted by molar-refractivity contribution is 0.296. The van der Waals surface area contributed by atoms with E-state index in [0.29, 0.717) is 6.04 Å². The standard InChI is InChI=1S/C10H22N2/c1-9(2)7-10(11)8-12-5-3-4-6-12/h9-10H,3-8,11H2,1-2H3/t10-/m0/s1. The zero-order valence-corrected chi connectivity index (χ0v) is 8.42. The fourth-order valence-corrected chi connectivity index (χ4v) is 1.98. The van der Waals surface area contributed by atoms with Crippen LogP contribution in [0.25, 0.3) is 0 Å². The molecule has 1 rings (SSSR count). The van der Waals surface area contributed by atoms with Crippen LogP contribution in [0.15, 0.2) is 0 Å². The molecule has 12 heavy (non-hydrogen) atoms. The SMILES string of the molecule is CC(C)C[C@H](N)CN1CCCC1. The highest BCUT2D eigenvalue weighted by atomic mass is 15.1. The largest absolute Gasteiger partial charge is 0.327 e. The van der Waals surface area contributed by atoms with Crippen LogP contribution in [-0.2, 0) is 0 Å². The van der Waals surface area contributed by atoms with Crippen LogP contribution in [0.2, 0.25) is 0 Å². The summed E-state index contributed by atoms with van der Waals surface area (Å²) >= 11 is 0. The number of nitrogens with two attached hydrogens (primary N) is 1. The smallest absolute Gasteiger partial charge is 0.0170 e. The van der Waals surface area contributed by atoms with Crippen molar-refractivity contribution >= 4 is 0 Å². The molecule has 1 heterocycles. The molecule has 0 amide bonds. The maximum Gasteiger partial charge on any atom is 0.0170 e. The molecule has 1 atom stereocenters. The average molecular weight is 170 g/mol. The molecule has 2 N–H and O–H groups in total. The van der Waals surface area contributed by atoms with Crippen molar-refractivity contribution in [2.75, 3.05) is 19.6 Å². The normalized spacial score (nSPS) is 22.0. The third kappa shape index (κ3) is 3.55. The van der Waals surface area contributed by atoms with Gasteiger partial charge in [-0.1, -0.05) is 13.8 Å². The van der Waals surface area contributed by atoms with Gasteiger partial charge in [-0.05, 0) is 38.3 Å². The number of nitrogens with zero attached hydrogens (tertiary/aromatic N) is 1. The molecular formula is C10H22N2. The minimum absolute atomic E-state index is 0.392. The minimum atomic E-state index is 0.392. The van der Waals surface area contributed by atoms with Crippen molar-refractivity contribution in [1.82, 2.24) is 4.90 Å². The first-order valence-electron chi connectivity index (χ1n) is 5.16. The van der Waals surface area contributed by atoms with Gasteiger partial charge in [-0.2, -0.15) is 0 Å². The maximum atomic E-state index is 6.01. The van der Waals surface area contributed by atoms with Crippen molar-refractivity contribution in [3.63, 3.8) is 0 Å². The third-order valence-corrected chi connectivity index (χ3v) is 2.47. The van der Waals surface area contributed by atoms with E-state index in [0.717, 1.165) is 18.9 Å². The Morgan fingerprint density at radius 3 is 2.33 bits per heavy atom. The highest BCUT2D eigenvalue weighted by Crippen LogP contribution is 2.10. The summed E-state index contributed by atoms with van der Waals surface area (Å²) in [5, 5.41) is 0. The summed E-state index contributed by atoms with van der Waals surface area (Å²) < 4.78 is 0. The molecule has 1 fully saturated rings. The average Bonchev–Trinajstić information content (AvgIpc) is 2.37. The van der Waals surface area contributed by atoms with E-state index in [1.807, 2.05) is 0 Å². The molecule has 0 spiro atoms. The van der Waals surface area contributed by atoms with E-state index in [9.17, 15) is 0 Å². The van der Waals surface area contributed by atoms with Gasteiger partial charge in [-0.25, -0.2) is 0 Å². The van der Waals surface area contributed by atoms with E-state index in [-0.39, 0.29) is 0 Å². The predicted molar refractivity (Wildman–Crippen MR) is 53.1 cm³/mol. The second kappa shape index (κ2) is 4.83. The molecule has 2 nitrogen and oxygen atoms in total. The van der Waals surface area contributed by atoms with Crippen molar-refractivity contribution < 1.29 is 0 Å². The van der Waals surface area contributed by atoms with Crippen LogP contribution < -0.4 is 5.73 Å². The number of hydrogen-bond donors (Lipinski definition) is 1. The molecule has 0 aromatic rings. The summed E-state index contributed by atoms with van der Waals surface area (Å²) in [6.07, 6.45) is 3.90. The fraction of sp³-hybridized carbons (Fsp3) is 1.00. The van der Waals surface area contributed by atoms with Gasteiger partial charge in [0, 0.05) is 12.6 Å². The number of likely N-dealkylation sites (tertiary alicyclic amines) is 1. The molecule has 0 aromatic heterocycles. The van der Waals surface area contributed by atoms with E-state index < -0.39 is 0 Å². The van der Waals surface area contributed by atoms with Crippen LogP contribution in [0.3, 0.4) is 0 Å². The highest BCUT2D eigenvalue weighted by molar-refractivity contribution is 4.73. The Morgan fingerprint density at radius 2 is 1.83 bits per heavy atom. The molecule has 2 heteroatoms. The number of hydrogen-bond acceptors (Lipinski definition) is 2. The summed E-state index contributed by atoms with van der Waals surface area (Å²) in [7, 11) is 0. The summed E-state index contributed by atoms with van der Waals surface area (Å²) in [5.41, 5.74) is 6.01. The van der Waals surface area contributed by atoms with Crippen LogP contribution in [0.1, 0.15) is 33.1 Å². The first kappa shape index (κ1) is 10.0. The summed E-state index contributed by atoms with van der Waals surface area (Å²) in [6, 6.07) is 0.392.